The topological polar surface area (TPSA) is 40.7 Å². The quantitative estimate of drug-likeness (QED) is 0.658. The number of H-pyrrole nitrogens is 1. The highest BCUT2D eigenvalue weighted by atomic mass is 14.9. The van der Waals surface area contributed by atoms with Crippen molar-refractivity contribution in [2.75, 3.05) is 6.54 Å². The highest BCUT2D eigenvalue weighted by Crippen LogP contribution is 2.01. The highest BCUT2D eigenvalue weighted by molar-refractivity contribution is 4.92. The van der Waals surface area contributed by atoms with Crippen LogP contribution in [-0.4, -0.2) is 16.5 Å². The minimum atomic E-state index is 0.814. The van der Waals surface area contributed by atoms with Gasteiger partial charge in [0.05, 0.1) is 6.33 Å². The van der Waals surface area contributed by atoms with E-state index in [4.69, 9.17) is 0 Å². The smallest absolute Gasteiger partial charge is 0.0922 e. The Kier molecular flexibility index (Phi) is 4.54. The fraction of sp³-hybridized carbons (Fsp3) is 0.700. The van der Waals surface area contributed by atoms with Gasteiger partial charge in [-0.1, -0.05) is 13.8 Å². The minimum absolute atomic E-state index is 0.814. The Labute approximate surface area is 80.0 Å². The molecule has 0 spiro atoms. The molecule has 1 heterocycles. The molecule has 0 atom stereocenters. The SMILES string of the molecule is CC(C)CCCNCc1cnc[nH]1. The van der Waals surface area contributed by atoms with Crippen LogP contribution >= 0.6 is 0 Å². The summed E-state index contributed by atoms with van der Waals surface area (Å²) in [5.41, 5.74) is 1.16. The first-order valence-electron chi connectivity index (χ1n) is 4.97. The molecule has 0 fully saturated rings. The van der Waals surface area contributed by atoms with Gasteiger partial charge in [-0.2, -0.15) is 0 Å². The van der Waals surface area contributed by atoms with Crippen molar-refractivity contribution in [2.45, 2.75) is 33.2 Å². The zero-order chi connectivity index (χ0) is 9.52. The summed E-state index contributed by atoms with van der Waals surface area (Å²) in [5, 5.41) is 3.37. The Morgan fingerprint density at radius 3 is 3.00 bits per heavy atom. The first-order chi connectivity index (χ1) is 6.29. The molecule has 2 N–H and O–H groups in total. The lowest BCUT2D eigenvalue weighted by atomic mass is 10.1. The number of aromatic amines is 1. The molecule has 0 saturated carbocycles. The molecule has 13 heavy (non-hydrogen) atoms. The molecule has 0 aromatic carbocycles. The molecular formula is C10H19N3. The van der Waals surface area contributed by atoms with Crippen molar-refractivity contribution >= 4 is 0 Å². The number of aromatic nitrogens is 2. The second kappa shape index (κ2) is 5.75. The summed E-state index contributed by atoms with van der Waals surface area (Å²) in [5.74, 6) is 0.814. The molecular weight excluding hydrogens is 162 g/mol. The minimum Gasteiger partial charge on any atom is -0.347 e. The Morgan fingerprint density at radius 1 is 1.54 bits per heavy atom. The maximum absolute atomic E-state index is 3.95. The van der Waals surface area contributed by atoms with Gasteiger partial charge in [0.15, 0.2) is 0 Å². The van der Waals surface area contributed by atoms with Crippen LogP contribution in [0, 0.1) is 5.92 Å². The molecule has 0 radical (unpaired) electrons. The van der Waals surface area contributed by atoms with Crippen molar-refractivity contribution in [1.29, 1.82) is 0 Å². The second-order valence-corrected chi connectivity index (χ2v) is 3.79. The van der Waals surface area contributed by atoms with Gasteiger partial charge in [0.1, 0.15) is 0 Å². The first-order valence-corrected chi connectivity index (χ1v) is 4.97. The monoisotopic (exact) mass is 181 g/mol. The van der Waals surface area contributed by atoms with Crippen LogP contribution in [0.1, 0.15) is 32.4 Å². The first kappa shape index (κ1) is 10.3. The number of hydrogen-bond acceptors (Lipinski definition) is 2. The van der Waals surface area contributed by atoms with Crippen molar-refractivity contribution in [3.8, 4) is 0 Å². The molecule has 0 aliphatic carbocycles. The molecule has 0 saturated heterocycles. The Bertz CT molecular complexity index is 204. The third-order valence-electron chi connectivity index (χ3n) is 2.01. The van der Waals surface area contributed by atoms with Gasteiger partial charge < -0.3 is 10.3 Å². The van der Waals surface area contributed by atoms with Gasteiger partial charge in [-0.25, -0.2) is 4.98 Å². The molecule has 1 rings (SSSR count). The molecule has 0 unspecified atom stereocenters. The fourth-order valence-corrected chi connectivity index (χ4v) is 1.24. The van der Waals surface area contributed by atoms with Gasteiger partial charge in [0, 0.05) is 18.4 Å². The second-order valence-electron chi connectivity index (χ2n) is 3.79. The Hall–Kier alpha value is -0.830. The van der Waals surface area contributed by atoms with E-state index in [9.17, 15) is 0 Å². The average molecular weight is 181 g/mol. The van der Waals surface area contributed by atoms with E-state index < -0.39 is 0 Å². The summed E-state index contributed by atoms with van der Waals surface area (Å²) in [7, 11) is 0. The predicted molar refractivity (Wildman–Crippen MR) is 54.4 cm³/mol. The zero-order valence-corrected chi connectivity index (χ0v) is 8.51. The molecule has 74 valence electrons. The predicted octanol–water partition coefficient (Wildman–Crippen LogP) is 1.94. The molecule has 0 aliphatic heterocycles. The highest BCUT2D eigenvalue weighted by Gasteiger charge is 1.94. The lowest BCUT2D eigenvalue weighted by molar-refractivity contribution is 0.526. The summed E-state index contributed by atoms with van der Waals surface area (Å²) in [4.78, 5) is 7.02. The van der Waals surface area contributed by atoms with E-state index in [1.54, 1.807) is 6.33 Å². The number of nitrogens with one attached hydrogen (secondary N) is 2. The summed E-state index contributed by atoms with van der Waals surface area (Å²) in [6, 6.07) is 0. The molecule has 3 nitrogen and oxygen atoms in total. The van der Waals surface area contributed by atoms with E-state index in [1.165, 1.54) is 12.8 Å². The number of nitrogens with zero attached hydrogens (tertiary/aromatic N) is 1. The van der Waals surface area contributed by atoms with Crippen LogP contribution in [-0.2, 0) is 6.54 Å². The summed E-state index contributed by atoms with van der Waals surface area (Å²) in [6.45, 7) is 6.51. The van der Waals surface area contributed by atoms with Gasteiger partial charge >= 0.3 is 0 Å². The maximum atomic E-state index is 3.95. The molecule has 0 amide bonds. The zero-order valence-electron chi connectivity index (χ0n) is 8.51. The van der Waals surface area contributed by atoms with E-state index in [2.05, 4.69) is 29.1 Å². The van der Waals surface area contributed by atoms with Crippen LogP contribution in [0.15, 0.2) is 12.5 Å². The number of rotatable bonds is 6. The largest absolute Gasteiger partial charge is 0.347 e. The van der Waals surface area contributed by atoms with Crippen LogP contribution in [0.3, 0.4) is 0 Å². The van der Waals surface area contributed by atoms with E-state index in [1.807, 2.05) is 6.20 Å². The van der Waals surface area contributed by atoms with Crippen molar-refractivity contribution in [2.24, 2.45) is 5.92 Å². The van der Waals surface area contributed by atoms with Crippen LogP contribution in [0.2, 0.25) is 0 Å². The number of hydrogen-bond donors (Lipinski definition) is 2. The third-order valence-corrected chi connectivity index (χ3v) is 2.01. The van der Waals surface area contributed by atoms with Crippen molar-refractivity contribution in [1.82, 2.24) is 15.3 Å². The number of imidazole rings is 1. The van der Waals surface area contributed by atoms with Gasteiger partial charge in [-0.15, -0.1) is 0 Å². The van der Waals surface area contributed by atoms with Gasteiger partial charge in [-0.05, 0) is 25.3 Å². The van der Waals surface area contributed by atoms with Crippen LogP contribution < -0.4 is 5.32 Å². The molecule has 0 aliphatic rings. The van der Waals surface area contributed by atoms with E-state index in [0.717, 1.165) is 24.7 Å². The molecule has 1 aromatic rings. The van der Waals surface area contributed by atoms with Crippen molar-refractivity contribution in [3.05, 3.63) is 18.2 Å². The molecule has 1 aromatic heterocycles. The standard InChI is InChI=1S/C10H19N3/c1-9(2)4-3-5-11-6-10-7-12-8-13-10/h7-9,11H,3-6H2,1-2H3,(H,12,13). The van der Waals surface area contributed by atoms with Crippen LogP contribution in [0.5, 0.6) is 0 Å². The fourth-order valence-electron chi connectivity index (χ4n) is 1.24. The van der Waals surface area contributed by atoms with E-state index in [-0.39, 0.29) is 0 Å². The van der Waals surface area contributed by atoms with Crippen LogP contribution in [0.4, 0.5) is 0 Å². The average Bonchev–Trinajstić information content (AvgIpc) is 2.55. The normalized spacial score (nSPS) is 11.0. The van der Waals surface area contributed by atoms with Gasteiger partial charge in [-0.3, -0.25) is 0 Å². The Balaban J connectivity index is 1.96. The Morgan fingerprint density at radius 2 is 2.38 bits per heavy atom. The maximum Gasteiger partial charge on any atom is 0.0922 e. The molecule has 3 heteroatoms. The van der Waals surface area contributed by atoms with E-state index in [0.29, 0.717) is 0 Å². The van der Waals surface area contributed by atoms with Gasteiger partial charge in [0.2, 0.25) is 0 Å². The summed E-state index contributed by atoms with van der Waals surface area (Å²) in [6.07, 6.45) is 6.13. The van der Waals surface area contributed by atoms with Crippen molar-refractivity contribution in [3.63, 3.8) is 0 Å². The lowest BCUT2D eigenvalue weighted by Gasteiger charge is -2.05. The third kappa shape index (κ3) is 4.68. The van der Waals surface area contributed by atoms with Crippen molar-refractivity contribution < 1.29 is 0 Å². The van der Waals surface area contributed by atoms with Crippen LogP contribution in [0.25, 0.3) is 0 Å². The lowest BCUT2D eigenvalue weighted by Crippen LogP contribution is -2.15. The molecule has 0 bridgehead atoms. The van der Waals surface area contributed by atoms with E-state index >= 15 is 0 Å². The summed E-state index contributed by atoms with van der Waals surface area (Å²) >= 11 is 0. The van der Waals surface area contributed by atoms with Gasteiger partial charge in [0.25, 0.3) is 0 Å². The summed E-state index contributed by atoms with van der Waals surface area (Å²) < 4.78 is 0.